The van der Waals surface area contributed by atoms with E-state index in [1.807, 2.05) is 30.7 Å². The molecule has 2 atom stereocenters. The van der Waals surface area contributed by atoms with Gasteiger partial charge in [-0.1, -0.05) is 6.08 Å². The molecule has 16 nitrogen and oxygen atoms in total. The molecule has 5 aliphatic rings. The van der Waals surface area contributed by atoms with Crippen molar-refractivity contribution in [1.82, 2.24) is 48.2 Å². The highest BCUT2D eigenvalue weighted by Crippen LogP contribution is 2.35. The lowest BCUT2D eigenvalue weighted by Crippen LogP contribution is -2.48. The van der Waals surface area contributed by atoms with Crippen LogP contribution in [0.5, 0.6) is 0 Å². The summed E-state index contributed by atoms with van der Waals surface area (Å²) in [7, 11) is 3.50. The number of piperazine rings is 1. The quantitative estimate of drug-likeness (QED) is 0.135. The Bertz CT molecular complexity index is 3370. The summed E-state index contributed by atoms with van der Waals surface area (Å²) in [6, 6.07) is 7.64. The molecule has 9 heterocycles. The molecule has 0 radical (unpaired) electrons. The number of amides is 3. The highest BCUT2D eigenvalue weighted by Gasteiger charge is 2.34. The predicted molar refractivity (Wildman–Crippen MR) is 266 cm³/mol. The van der Waals surface area contributed by atoms with Gasteiger partial charge in [0.15, 0.2) is 5.82 Å². The number of piperidine rings is 2. The van der Waals surface area contributed by atoms with Crippen LogP contribution in [0, 0.1) is 29.2 Å². The van der Waals surface area contributed by atoms with Gasteiger partial charge < -0.3 is 19.7 Å². The van der Waals surface area contributed by atoms with Gasteiger partial charge >= 0.3 is 5.69 Å². The van der Waals surface area contributed by atoms with E-state index in [1.54, 1.807) is 24.2 Å². The minimum atomic E-state index is -0.906. The molecule has 1 unspecified atom stereocenters. The van der Waals surface area contributed by atoms with Crippen LogP contribution >= 0.6 is 0 Å². The zero-order valence-electron chi connectivity index (χ0n) is 41.0. The fourth-order valence-corrected chi connectivity index (χ4v) is 12.0. The third-order valence-corrected chi connectivity index (χ3v) is 16.0. The normalized spacial score (nSPS) is 19.9. The highest BCUT2D eigenvalue weighted by molar-refractivity contribution is 6.00. The van der Waals surface area contributed by atoms with Crippen LogP contribution in [-0.2, 0) is 36.6 Å². The van der Waals surface area contributed by atoms with Gasteiger partial charge in [0.2, 0.25) is 11.8 Å². The van der Waals surface area contributed by atoms with Gasteiger partial charge in [-0.3, -0.25) is 48.0 Å². The number of carbonyl (C=O) groups is 3. The lowest BCUT2D eigenvalue weighted by Gasteiger charge is -2.39. The summed E-state index contributed by atoms with van der Waals surface area (Å²) in [5.41, 5.74) is 3.95. The number of nitrogens with zero attached hydrogens (tertiary/aromatic N) is 9. The van der Waals surface area contributed by atoms with Crippen LogP contribution in [0.1, 0.15) is 83.9 Å². The van der Waals surface area contributed by atoms with Crippen molar-refractivity contribution in [3.05, 3.63) is 127 Å². The van der Waals surface area contributed by atoms with Gasteiger partial charge in [-0.2, -0.15) is 0 Å². The summed E-state index contributed by atoms with van der Waals surface area (Å²) < 4.78 is 68.1. The van der Waals surface area contributed by atoms with Crippen molar-refractivity contribution in [2.75, 3.05) is 70.8 Å². The third kappa shape index (κ3) is 8.75. The van der Waals surface area contributed by atoms with Crippen LogP contribution in [0.4, 0.5) is 23.2 Å². The fourth-order valence-electron chi connectivity index (χ4n) is 12.0. The van der Waals surface area contributed by atoms with Crippen molar-refractivity contribution in [3.63, 3.8) is 0 Å². The Morgan fingerprint density at radius 2 is 1.58 bits per heavy atom. The number of imide groups is 1. The number of hydrogen-bond acceptors (Lipinski definition) is 10. The van der Waals surface area contributed by atoms with E-state index in [1.165, 1.54) is 32.0 Å². The Labute approximate surface area is 417 Å². The van der Waals surface area contributed by atoms with Crippen molar-refractivity contribution in [1.29, 1.82) is 0 Å². The first-order valence-corrected chi connectivity index (χ1v) is 25.2. The number of nitrogens with one attached hydrogen (secondary N) is 2. The molecule has 20 heteroatoms. The maximum Gasteiger partial charge on any atom is 0.329 e. The summed E-state index contributed by atoms with van der Waals surface area (Å²) in [4.78, 5) is 78.1. The molecule has 6 aromatic rings. The second-order valence-corrected chi connectivity index (χ2v) is 20.3. The number of likely N-dealkylation sites (tertiary alicyclic amines) is 1. The molecule has 0 spiro atoms. The second kappa shape index (κ2) is 19.2. The summed E-state index contributed by atoms with van der Waals surface area (Å²) >= 11 is 0. The minimum absolute atomic E-state index is 0.0199. The molecular formula is C53H57F4N11O5. The zero-order valence-corrected chi connectivity index (χ0v) is 41.0. The molecular weight excluding hydrogens is 947 g/mol. The minimum Gasteiger partial charge on any atom is -0.382 e. The Morgan fingerprint density at radius 3 is 2.29 bits per heavy atom. The average Bonchev–Trinajstić information content (AvgIpc) is 4.08. The molecule has 11 rings (SSSR count). The molecule has 5 aliphatic heterocycles. The maximum absolute atomic E-state index is 15.9. The van der Waals surface area contributed by atoms with E-state index in [9.17, 15) is 24.0 Å². The van der Waals surface area contributed by atoms with Crippen molar-refractivity contribution < 1.29 is 31.9 Å². The monoisotopic (exact) mass is 1000 g/mol. The standard InChI is InChI=1S/C53H57F4N11O5/c1-30(43-26-37-41(7-13-59-49(37)61(43)2)67-29-40(57)47-36(52(67)72)6-12-58-47)65-16-10-32(11-17-65)46-38(55)23-33(24-39(46)56)51(71)66-14-8-31(9-15-66)27-63-18-20-64(21-19-63)28-34-22-35(54)25-44-48(34)62(3)53(73)68(44)42-4-5-45(69)60-50(42)70/h7,10,13,22-26,29-31,42,58H,4-6,8-9,11-12,14-21,27-28H2,1-3H3,(H,60,69,70)/t30-,42?/m0/s1. The van der Waals surface area contributed by atoms with Crippen LogP contribution in [0.25, 0.3) is 33.3 Å². The SMILES string of the molecule is C[C@@H](c1cc2c(-n3cc(F)c4c(c3=O)CCN4)ccnc2n1C)N1CC=C(c2c(F)cc(C(=O)N3CCC(CN4CCN(Cc5cc(F)cc6c5n(C)c(=O)n6C5CCC(=O)NC5=O)CC4)CC3)cc2F)CC1. The number of anilines is 1. The number of pyridine rings is 2. The van der Waals surface area contributed by atoms with Crippen LogP contribution in [0.15, 0.2) is 64.5 Å². The molecule has 3 saturated heterocycles. The average molecular weight is 1000 g/mol. The highest BCUT2D eigenvalue weighted by atomic mass is 19.1. The summed E-state index contributed by atoms with van der Waals surface area (Å²) in [6.07, 6.45) is 7.23. The van der Waals surface area contributed by atoms with Crippen LogP contribution in [-0.4, -0.2) is 126 Å². The van der Waals surface area contributed by atoms with Gasteiger partial charge in [0, 0.05) is 133 Å². The number of halogens is 4. The largest absolute Gasteiger partial charge is 0.382 e. The Hall–Kier alpha value is -6.90. The summed E-state index contributed by atoms with van der Waals surface area (Å²) in [5.74, 6) is -3.60. The summed E-state index contributed by atoms with van der Waals surface area (Å²) in [5, 5.41) is 5.95. The molecule has 2 N–H and O–H groups in total. The van der Waals surface area contributed by atoms with E-state index in [0.717, 1.165) is 50.3 Å². The molecule has 73 heavy (non-hydrogen) atoms. The molecule has 3 fully saturated rings. The number of aryl methyl sites for hydroxylation is 2. The first kappa shape index (κ1) is 48.4. The number of benzene rings is 2. The van der Waals surface area contributed by atoms with Gasteiger partial charge in [-0.05, 0) is 92.5 Å². The molecule has 3 amide bonds. The van der Waals surface area contributed by atoms with Gasteiger partial charge in [-0.15, -0.1) is 0 Å². The predicted octanol–water partition coefficient (Wildman–Crippen LogP) is 5.40. The van der Waals surface area contributed by atoms with E-state index in [0.29, 0.717) is 116 Å². The number of rotatable bonds is 10. The zero-order chi connectivity index (χ0) is 51.0. The number of carbonyl (C=O) groups excluding carboxylic acids is 3. The Kier molecular flexibility index (Phi) is 12.7. The van der Waals surface area contributed by atoms with Crippen molar-refractivity contribution in [3.8, 4) is 5.69 Å². The third-order valence-electron chi connectivity index (χ3n) is 16.0. The molecule has 0 saturated carbocycles. The molecule has 2 aromatic carbocycles. The van der Waals surface area contributed by atoms with E-state index in [2.05, 4.69) is 30.3 Å². The van der Waals surface area contributed by atoms with E-state index in [4.69, 9.17) is 0 Å². The van der Waals surface area contributed by atoms with Crippen LogP contribution < -0.4 is 21.9 Å². The topological polar surface area (TPSA) is 155 Å². The molecule has 382 valence electrons. The van der Waals surface area contributed by atoms with Gasteiger partial charge in [-0.25, -0.2) is 27.3 Å². The lowest BCUT2D eigenvalue weighted by atomic mass is 9.94. The number of hydrogen-bond donors (Lipinski definition) is 2. The first-order chi connectivity index (χ1) is 35.1. The number of fused-ring (bicyclic) bond motifs is 3. The first-order valence-electron chi connectivity index (χ1n) is 25.2. The van der Waals surface area contributed by atoms with Crippen molar-refractivity contribution >= 4 is 51.0 Å². The van der Waals surface area contributed by atoms with Crippen molar-refractivity contribution in [2.24, 2.45) is 20.0 Å². The smallest absolute Gasteiger partial charge is 0.329 e. The molecule has 4 aromatic heterocycles. The van der Waals surface area contributed by atoms with Crippen LogP contribution in [0.3, 0.4) is 0 Å². The molecule has 0 aliphatic carbocycles. The Balaban J connectivity index is 0.684. The lowest BCUT2D eigenvalue weighted by molar-refractivity contribution is -0.135. The number of imidazole rings is 1. The fraction of sp³-hybridized carbons (Fsp3) is 0.434. The van der Waals surface area contributed by atoms with Crippen LogP contribution in [0.2, 0.25) is 0 Å². The summed E-state index contributed by atoms with van der Waals surface area (Å²) in [6.45, 7) is 8.64. The van der Waals surface area contributed by atoms with Crippen molar-refractivity contribution in [2.45, 2.75) is 64.1 Å². The number of aromatic nitrogens is 5. The van der Waals surface area contributed by atoms with Gasteiger partial charge in [0.05, 0.1) is 28.6 Å². The maximum atomic E-state index is 15.9. The second-order valence-electron chi connectivity index (χ2n) is 20.3. The Morgan fingerprint density at radius 1 is 0.836 bits per heavy atom. The van der Waals surface area contributed by atoms with Gasteiger partial charge in [0.25, 0.3) is 11.5 Å². The van der Waals surface area contributed by atoms with E-state index < -0.39 is 52.7 Å². The molecule has 0 bridgehead atoms. The van der Waals surface area contributed by atoms with Gasteiger partial charge in [0.1, 0.15) is 29.1 Å². The van der Waals surface area contributed by atoms with E-state index >= 15 is 17.6 Å². The van der Waals surface area contributed by atoms with E-state index in [-0.39, 0.29) is 41.3 Å².